The topological polar surface area (TPSA) is 58.6 Å². The van der Waals surface area contributed by atoms with Crippen LogP contribution in [0.2, 0.25) is 10.0 Å². The standard InChI is InChI=1S/C21H16Cl2N2O3S/c1-2-9-25-20(27)17(19(26)24-21(25)29)10-13-3-7-16(8-4-13)28-12-14-5-6-15(22)11-18(14)23/h2-8,10-11H,1,9,12H2,(H,24,26,29)/b17-10+. The van der Waals surface area contributed by atoms with Crippen molar-refractivity contribution in [2.45, 2.75) is 6.61 Å². The fourth-order valence-corrected chi connectivity index (χ4v) is 3.33. The first-order valence-corrected chi connectivity index (χ1v) is 9.72. The zero-order chi connectivity index (χ0) is 21.0. The summed E-state index contributed by atoms with van der Waals surface area (Å²) in [6.45, 7) is 4.10. The summed E-state index contributed by atoms with van der Waals surface area (Å²) < 4.78 is 5.73. The van der Waals surface area contributed by atoms with Crippen molar-refractivity contribution in [1.29, 1.82) is 0 Å². The molecule has 1 fully saturated rings. The van der Waals surface area contributed by atoms with Gasteiger partial charge in [-0.1, -0.05) is 47.5 Å². The van der Waals surface area contributed by atoms with Crippen LogP contribution in [0.4, 0.5) is 0 Å². The number of halogens is 2. The first kappa shape index (κ1) is 21.0. The molecule has 1 saturated heterocycles. The van der Waals surface area contributed by atoms with Crippen molar-refractivity contribution in [3.05, 3.63) is 81.9 Å². The normalized spacial score (nSPS) is 15.4. The second kappa shape index (κ2) is 9.22. The Kier molecular flexibility index (Phi) is 6.69. The van der Waals surface area contributed by atoms with Crippen molar-refractivity contribution < 1.29 is 14.3 Å². The molecule has 3 rings (SSSR count). The third kappa shape index (κ3) is 5.03. The molecule has 29 heavy (non-hydrogen) atoms. The molecule has 0 spiro atoms. The van der Waals surface area contributed by atoms with E-state index in [2.05, 4.69) is 11.9 Å². The summed E-state index contributed by atoms with van der Waals surface area (Å²) in [5.74, 6) is -0.374. The van der Waals surface area contributed by atoms with Crippen molar-refractivity contribution >= 4 is 58.4 Å². The molecule has 0 bridgehead atoms. The van der Waals surface area contributed by atoms with Crippen LogP contribution >= 0.6 is 35.4 Å². The molecular weight excluding hydrogens is 431 g/mol. The number of benzene rings is 2. The average molecular weight is 447 g/mol. The van der Waals surface area contributed by atoms with Gasteiger partial charge >= 0.3 is 0 Å². The third-order valence-electron chi connectivity index (χ3n) is 4.10. The van der Waals surface area contributed by atoms with Gasteiger partial charge in [0, 0.05) is 22.2 Å². The number of ether oxygens (including phenoxy) is 1. The van der Waals surface area contributed by atoms with E-state index >= 15 is 0 Å². The van der Waals surface area contributed by atoms with Gasteiger partial charge in [-0.05, 0) is 48.1 Å². The number of nitrogens with one attached hydrogen (secondary N) is 1. The predicted octanol–water partition coefficient (Wildman–Crippen LogP) is 4.39. The Bertz CT molecular complexity index is 1020. The van der Waals surface area contributed by atoms with Crippen molar-refractivity contribution in [3.63, 3.8) is 0 Å². The number of carbonyl (C=O) groups excluding carboxylic acids is 2. The highest BCUT2D eigenvalue weighted by atomic mass is 35.5. The maximum absolute atomic E-state index is 12.5. The van der Waals surface area contributed by atoms with Gasteiger partial charge in [0.05, 0.1) is 0 Å². The molecule has 0 saturated carbocycles. The first-order valence-electron chi connectivity index (χ1n) is 8.55. The molecule has 1 N–H and O–H groups in total. The van der Waals surface area contributed by atoms with Gasteiger partial charge in [0.25, 0.3) is 11.8 Å². The molecular formula is C21H16Cl2N2O3S. The van der Waals surface area contributed by atoms with Crippen molar-refractivity contribution in [2.75, 3.05) is 6.54 Å². The lowest BCUT2D eigenvalue weighted by atomic mass is 10.1. The number of thiocarbonyl (C=S) groups is 1. The van der Waals surface area contributed by atoms with E-state index < -0.39 is 11.8 Å². The lowest BCUT2D eigenvalue weighted by Gasteiger charge is -2.27. The monoisotopic (exact) mass is 446 g/mol. The van der Waals surface area contributed by atoms with E-state index in [1.165, 1.54) is 11.0 Å². The molecule has 2 amide bonds. The second-order valence-electron chi connectivity index (χ2n) is 6.12. The van der Waals surface area contributed by atoms with E-state index in [9.17, 15) is 9.59 Å². The SMILES string of the molecule is C=CCN1C(=O)/C(=C/c2ccc(OCc3ccc(Cl)cc3Cl)cc2)C(=O)NC1=S. The molecule has 148 valence electrons. The van der Waals surface area contributed by atoms with Gasteiger partial charge in [-0.2, -0.15) is 0 Å². The largest absolute Gasteiger partial charge is 0.489 e. The van der Waals surface area contributed by atoms with Gasteiger partial charge in [-0.3, -0.25) is 19.8 Å². The average Bonchev–Trinajstić information content (AvgIpc) is 2.69. The molecule has 1 heterocycles. The maximum Gasteiger partial charge on any atom is 0.265 e. The van der Waals surface area contributed by atoms with Crippen LogP contribution in [0.25, 0.3) is 6.08 Å². The van der Waals surface area contributed by atoms with Gasteiger partial charge in [-0.25, -0.2) is 0 Å². The van der Waals surface area contributed by atoms with Gasteiger partial charge < -0.3 is 4.74 Å². The van der Waals surface area contributed by atoms with Crippen molar-refractivity contribution in [1.82, 2.24) is 10.2 Å². The Morgan fingerprint density at radius 2 is 1.86 bits per heavy atom. The fourth-order valence-electron chi connectivity index (χ4n) is 2.62. The summed E-state index contributed by atoms with van der Waals surface area (Å²) in [5, 5.41) is 3.67. The third-order valence-corrected chi connectivity index (χ3v) is 5.01. The molecule has 2 aromatic rings. The number of hydrogen-bond acceptors (Lipinski definition) is 4. The van der Waals surface area contributed by atoms with Crippen LogP contribution in [0.15, 0.2) is 60.7 Å². The van der Waals surface area contributed by atoms with Gasteiger partial charge in [-0.15, -0.1) is 6.58 Å². The lowest BCUT2D eigenvalue weighted by molar-refractivity contribution is -0.128. The van der Waals surface area contributed by atoms with Crippen molar-refractivity contribution in [3.8, 4) is 5.75 Å². The summed E-state index contributed by atoms with van der Waals surface area (Å²) in [4.78, 5) is 26.0. The van der Waals surface area contributed by atoms with Crippen LogP contribution in [0.5, 0.6) is 5.75 Å². The summed E-state index contributed by atoms with van der Waals surface area (Å²) in [6, 6.07) is 12.2. The fraction of sp³-hybridized carbons (Fsp3) is 0.0952. The van der Waals surface area contributed by atoms with E-state index in [0.717, 1.165) is 5.56 Å². The second-order valence-corrected chi connectivity index (χ2v) is 7.35. The highest BCUT2D eigenvalue weighted by molar-refractivity contribution is 7.80. The predicted molar refractivity (Wildman–Crippen MR) is 118 cm³/mol. The Hall–Kier alpha value is -2.67. The summed E-state index contributed by atoms with van der Waals surface area (Å²) >= 11 is 17.1. The van der Waals surface area contributed by atoms with Crippen LogP contribution < -0.4 is 10.1 Å². The molecule has 0 unspecified atom stereocenters. The summed E-state index contributed by atoms with van der Waals surface area (Å²) in [7, 11) is 0. The van der Waals surface area contributed by atoms with E-state index in [1.54, 1.807) is 48.5 Å². The van der Waals surface area contributed by atoms with E-state index in [1.807, 2.05) is 0 Å². The molecule has 1 aliphatic heterocycles. The quantitative estimate of drug-likeness (QED) is 0.309. The van der Waals surface area contributed by atoms with Gasteiger partial charge in [0.15, 0.2) is 5.11 Å². The Morgan fingerprint density at radius 3 is 2.52 bits per heavy atom. The van der Waals surface area contributed by atoms with Crippen LogP contribution in [0, 0.1) is 0 Å². The van der Waals surface area contributed by atoms with Crippen LogP contribution in [0.3, 0.4) is 0 Å². The molecule has 1 aliphatic rings. The molecule has 0 aromatic heterocycles. The Labute approximate surface area is 183 Å². The Morgan fingerprint density at radius 1 is 1.14 bits per heavy atom. The number of carbonyl (C=O) groups is 2. The van der Waals surface area contributed by atoms with Crippen LogP contribution in [0.1, 0.15) is 11.1 Å². The maximum atomic E-state index is 12.5. The van der Waals surface area contributed by atoms with Gasteiger partial charge in [0.1, 0.15) is 17.9 Å². The molecule has 8 heteroatoms. The minimum Gasteiger partial charge on any atom is -0.489 e. The number of amides is 2. The molecule has 5 nitrogen and oxygen atoms in total. The van der Waals surface area contributed by atoms with Crippen LogP contribution in [-0.2, 0) is 16.2 Å². The molecule has 0 atom stereocenters. The van der Waals surface area contributed by atoms with Crippen LogP contribution in [-0.4, -0.2) is 28.4 Å². The lowest BCUT2D eigenvalue weighted by Crippen LogP contribution is -2.53. The molecule has 0 aliphatic carbocycles. The summed E-state index contributed by atoms with van der Waals surface area (Å²) in [5.41, 5.74) is 1.49. The molecule has 0 radical (unpaired) electrons. The van der Waals surface area contributed by atoms with E-state index in [-0.39, 0.29) is 23.8 Å². The zero-order valence-corrected chi connectivity index (χ0v) is 17.5. The van der Waals surface area contributed by atoms with Gasteiger partial charge in [0.2, 0.25) is 0 Å². The smallest absolute Gasteiger partial charge is 0.265 e. The van der Waals surface area contributed by atoms with E-state index in [0.29, 0.717) is 21.4 Å². The first-order chi connectivity index (χ1) is 13.9. The number of rotatable bonds is 6. The number of hydrogen-bond donors (Lipinski definition) is 1. The number of nitrogens with zero attached hydrogens (tertiary/aromatic N) is 1. The molecule has 2 aromatic carbocycles. The Balaban J connectivity index is 1.72. The van der Waals surface area contributed by atoms with Crippen molar-refractivity contribution in [2.24, 2.45) is 0 Å². The highest BCUT2D eigenvalue weighted by Gasteiger charge is 2.32. The van der Waals surface area contributed by atoms with E-state index in [4.69, 9.17) is 40.2 Å². The zero-order valence-electron chi connectivity index (χ0n) is 15.2. The minimum atomic E-state index is -0.530. The highest BCUT2D eigenvalue weighted by Crippen LogP contribution is 2.23. The minimum absolute atomic E-state index is 0.00191. The summed E-state index contributed by atoms with van der Waals surface area (Å²) in [6.07, 6.45) is 3.05.